The van der Waals surface area contributed by atoms with E-state index in [4.69, 9.17) is 0 Å². The second kappa shape index (κ2) is 6.13. The van der Waals surface area contributed by atoms with E-state index in [1.165, 1.54) is 17.1 Å². The SMILES string of the molecule is c1ccc(CN2CCN(c3nsc4nc5ccccc5n34)CC2)cc1. The third-order valence-electron chi connectivity index (χ3n) is 4.84. The minimum Gasteiger partial charge on any atom is -0.339 e. The molecule has 0 radical (unpaired) electrons. The number of hydrogen-bond acceptors (Lipinski definition) is 5. The largest absolute Gasteiger partial charge is 0.339 e. The summed E-state index contributed by atoms with van der Waals surface area (Å²) in [5.74, 6) is 1.04. The quantitative estimate of drug-likeness (QED) is 0.569. The van der Waals surface area contributed by atoms with Crippen LogP contribution < -0.4 is 4.90 Å². The van der Waals surface area contributed by atoms with Gasteiger partial charge in [-0.3, -0.25) is 9.30 Å². The highest BCUT2D eigenvalue weighted by molar-refractivity contribution is 7.11. The van der Waals surface area contributed by atoms with Crippen molar-refractivity contribution in [3.63, 3.8) is 0 Å². The fraction of sp³-hybridized carbons (Fsp3) is 0.263. The van der Waals surface area contributed by atoms with Crippen molar-refractivity contribution in [3.05, 3.63) is 60.2 Å². The lowest BCUT2D eigenvalue weighted by atomic mass is 10.2. The number of fused-ring (bicyclic) bond motifs is 3. The van der Waals surface area contributed by atoms with Crippen LogP contribution in [0.25, 0.3) is 16.0 Å². The maximum atomic E-state index is 4.69. The smallest absolute Gasteiger partial charge is 0.223 e. The summed E-state index contributed by atoms with van der Waals surface area (Å²) < 4.78 is 6.89. The highest BCUT2D eigenvalue weighted by atomic mass is 32.1. The van der Waals surface area contributed by atoms with E-state index in [9.17, 15) is 0 Å². The van der Waals surface area contributed by atoms with E-state index in [1.54, 1.807) is 0 Å². The molecule has 5 nitrogen and oxygen atoms in total. The maximum absolute atomic E-state index is 4.69. The number of rotatable bonds is 3. The van der Waals surface area contributed by atoms with Gasteiger partial charge in [0.05, 0.1) is 11.0 Å². The highest BCUT2D eigenvalue weighted by Gasteiger charge is 2.22. The van der Waals surface area contributed by atoms with Gasteiger partial charge in [-0.25, -0.2) is 4.98 Å². The first kappa shape index (κ1) is 14.9. The Bertz CT molecular complexity index is 998. The molecule has 0 unspecified atom stereocenters. The number of benzene rings is 2. The minimum atomic E-state index is 0.975. The number of anilines is 1. The van der Waals surface area contributed by atoms with Crippen molar-refractivity contribution in [2.75, 3.05) is 31.1 Å². The van der Waals surface area contributed by atoms with Crippen LogP contribution >= 0.6 is 11.5 Å². The van der Waals surface area contributed by atoms with Gasteiger partial charge in [0.25, 0.3) is 0 Å². The molecule has 6 heteroatoms. The molecule has 0 bridgehead atoms. The van der Waals surface area contributed by atoms with Crippen molar-refractivity contribution >= 4 is 33.5 Å². The summed E-state index contributed by atoms with van der Waals surface area (Å²) in [7, 11) is 0. The second-order valence-corrected chi connectivity index (χ2v) is 7.18. The van der Waals surface area contributed by atoms with Crippen molar-refractivity contribution in [2.24, 2.45) is 0 Å². The van der Waals surface area contributed by atoms with E-state index in [0.717, 1.165) is 54.7 Å². The molecule has 25 heavy (non-hydrogen) atoms. The molecule has 5 rings (SSSR count). The lowest BCUT2D eigenvalue weighted by Gasteiger charge is -2.34. The molecule has 2 aromatic carbocycles. The van der Waals surface area contributed by atoms with Gasteiger partial charge in [0, 0.05) is 44.3 Å². The van der Waals surface area contributed by atoms with Gasteiger partial charge < -0.3 is 4.90 Å². The Kier molecular flexibility index (Phi) is 3.64. The molecular weight excluding hydrogens is 330 g/mol. The molecule has 2 aromatic heterocycles. The molecule has 1 saturated heterocycles. The van der Waals surface area contributed by atoms with Crippen molar-refractivity contribution < 1.29 is 0 Å². The number of nitrogens with zero attached hydrogens (tertiary/aromatic N) is 5. The van der Waals surface area contributed by atoms with Crippen LogP contribution in [0.5, 0.6) is 0 Å². The van der Waals surface area contributed by atoms with Gasteiger partial charge in [-0.05, 0) is 17.7 Å². The van der Waals surface area contributed by atoms with E-state index in [-0.39, 0.29) is 0 Å². The monoisotopic (exact) mass is 349 g/mol. The van der Waals surface area contributed by atoms with Crippen LogP contribution in [0, 0.1) is 0 Å². The first-order chi connectivity index (χ1) is 12.4. The van der Waals surface area contributed by atoms with E-state index in [0.29, 0.717) is 0 Å². The number of para-hydroxylation sites is 2. The van der Waals surface area contributed by atoms with E-state index in [1.807, 2.05) is 6.07 Å². The van der Waals surface area contributed by atoms with Crippen LogP contribution in [0.4, 0.5) is 5.95 Å². The maximum Gasteiger partial charge on any atom is 0.223 e. The van der Waals surface area contributed by atoms with Gasteiger partial charge in [0.15, 0.2) is 0 Å². The van der Waals surface area contributed by atoms with Crippen molar-refractivity contribution in [1.29, 1.82) is 0 Å². The summed E-state index contributed by atoms with van der Waals surface area (Å²) in [6.45, 7) is 5.13. The molecule has 0 amide bonds. The lowest BCUT2D eigenvalue weighted by Crippen LogP contribution is -2.46. The zero-order valence-electron chi connectivity index (χ0n) is 13.9. The number of aromatic nitrogens is 3. The Balaban J connectivity index is 1.36. The topological polar surface area (TPSA) is 36.7 Å². The first-order valence-electron chi connectivity index (χ1n) is 8.62. The molecule has 0 spiro atoms. The molecule has 1 aliphatic rings. The van der Waals surface area contributed by atoms with Gasteiger partial charge in [-0.15, -0.1) is 0 Å². The fourth-order valence-corrected chi connectivity index (χ4v) is 4.29. The standard InChI is InChI=1S/C19H19N5S/c1-2-6-15(7-3-1)14-22-10-12-23(13-11-22)18-21-25-19-20-16-8-4-5-9-17(16)24(18)19/h1-9H,10-14H2. The second-order valence-electron chi connectivity index (χ2n) is 6.45. The molecule has 0 saturated carbocycles. The molecule has 3 heterocycles. The van der Waals surface area contributed by atoms with Crippen molar-refractivity contribution in [1.82, 2.24) is 18.7 Å². The Morgan fingerprint density at radius 2 is 1.64 bits per heavy atom. The van der Waals surface area contributed by atoms with Crippen LogP contribution in [0.3, 0.4) is 0 Å². The molecule has 0 atom stereocenters. The van der Waals surface area contributed by atoms with E-state index < -0.39 is 0 Å². The van der Waals surface area contributed by atoms with Gasteiger partial charge in [0.2, 0.25) is 10.9 Å². The van der Waals surface area contributed by atoms with Gasteiger partial charge in [-0.2, -0.15) is 4.37 Å². The first-order valence-corrected chi connectivity index (χ1v) is 9.40. The third kappa shape index (κ3) is 2.67. The van der Waals surface area contributed by atoms with Gasteiger partial charge >= 0.3 is 0 Å². The number of imidazole rings is 1. The Morgan fingerprint density at radius 3 is 2.48 bits per heavy atom. The van der Waals surface area contributed by atoms with Gasteiger partial charge in [0.1, 0.15) is 0 Å². The predicted octanol–water partition coefficient (Wildman–Crippen LogP) is 3.27. The fourth-order valence-electron chi connectivity index (χ4n) is 3.53. The van der Waals surface area contributed by atoms with Crippen molar-refractivity contribution in [2.45, 2.75) is 6.54 Å². The summed E-state index contributed by atoms with van der Waals surface area (Å²) in [6.07, 6.45) is 0. The minimum absolute atomic E-state index is 0.975. The van der Waals surface area contributed by atoms with Crippen LogP contribution in [0.15, 0.2) is 54.6 Å². The molecule has 1 fully saturated rings. The normalized spacial score (nSPS) is 16.1. The Hall–Kier alpha value is -2.44. The van der Waals surface area contributed by atoms with Crippen molar-refractivity contribution in [3.8, 4) is 0 Å². The molecule has 4 aromatic rings. The van der Waals surface area contributed by atoms with Crippen LogP contribution in [0.1, 0.15) is 5.56 Å². The zero-order chi connectivity index (χ0) is 16.6. The number of hydrogen-bond donors (Lipinski definition) is 0. The molecule has 0 N–H and O–H groups in total. The summed E-state index contributed by atoms with van der Waals surface area (Å²) in [5, 5.41) is 0. The number of piperazine rings is 1. The molecule has 126 valence electrons. The predicted molar refractivity (Wildman–Crippen MR) is 102 cm³/mol. The Morgan fingerprint density at radius 1 is 0.880 bits per heavy atom. The van der Waals surface area contributed by atoms with Crippen LogP contribution in [-0.2, 0) is 6.54 Å². The lowest BCUT2D eigenvalue weighted by molar-refractivity contribution is 0.249. The highest BCUT2D eigenvalue weighted by Crippen LogP contribution is 2.26. The molecule has 0 aliphatic carbocycles. The third-order valence-corrected chi connectivity index (χ3v) is 5.53. The average molecular weight is 349 g/mol. The van der Waals surface area contributed by atoms with E-state index in [2.05, 4.69) is 72.1 Å². The summed E-state index contributed by atoms with van der Waals surface area (Å²) in [6, 6.07) is 19.0. The molecule has 1 aliphatic heterocycles. The van der Waals surface area contributed by atoms with Crippen LogP contribution in [-0.4, -0.2) is 44.8 Å². The van der Waals surface area contributed by atoms with E-state index >= 15 is 0 Å². The van der Waals surface area contributed by atoms with Crippen LogP contribution in [0.2, 0.25) is 0 Å². The Labute approximate surface area is 150 Å². The zero-order valence-corrected chi connectivity index (χ0v) is 14.7. The summed E-state index contributed by atoms with van der Waals surface area (Å²) >= 11 is 1.48. The average Bonchev–Trinajstić information content (AvgIpc) is 3.22. The summed E-state index contributed by atoms with van der Waals surface area (Å²) in [5.41, 5.74) is 3.57. The van der Waals surface area contributed by atoms with Gasteiger partial charge in [-0.1, -0.05) is 42.5 Å². The molecular formula is C19H19N5S. The summed E-state index contributed by atoms with van der Waals surface area (Å²) in [4.78, 5) is 10.6.